The summed E-state index contributed by atoms with van der Waals surface area (Å²) in [5.41, 5.74) is 6.92. The third-order valence-corrected chi connectivity index (χ3v) is 5.94. The number of aromatic nitrogens is 5. The van der Waals surface area contributed by atoms with Gasteiger partial charge in [-0.2, -0.15) is 5.10 Å². The Labute approximate surface area is 182 Å². The molecule has 0 radical (unpaired) electrons. The van der Waals surface area contributed by atoms with Gasteiger partial charge in [0.25, 0.3) is 5.56 Å². The normalized spacial score (nSPS) is 12.2. The molecule has 0 amide bonds. The zero-order chi connectivity index (χ0) is 19.8. The largest absolute Gasteiger partial charge is 0.383 e. The Morgan fingerprint density at radius 2 is 1.96 bits per heavy atom. The molecule has 0 aliphatic rings. The Kier molecular flexibility index (Phi) is 5.06. The maximum Gasteiger partial charge on any atom is 0.283 e. The highest BCUT2D eigenvalue weighted by atomic mass is 127. The molecule has 0 fully saturated rings. The van der Waals surface area contributed by atoms with Gasteiger partial charge in [-0.1, -0.05) is 18.2 Å². The highest BCUT2D eigenvalue weighted by Crippen LogP contribution is 2.25. The molecule has 3 aromatic heterocycles. The summed E-state index contributed by atoms with van der Waals surface area (Å²) in [5.74, 6) is 1.52. The van der Waals surface area contributed by atoms with Crippen molar-refractivity contribution in [2.24, 2.45) is 0 Å². The summed E-state index contributed by atoms with van der Waals surface area (Å²) < 4.78 is 4.60. The number of nitrogen functional groups attached to an aromatic ring is 1. The van der Waals surface area contributed by atoms with Gasteiger partial charge in [0.05, 0.1) is 19.8 Å². The van der Waals surface area contributed by atoms with Crippen LogP contribution in [0, 0.1) is 3.57 Å². The summed E-state index contributed by atoms with van der Waals surface area (Å²) in [5, 5.41) is 7.98. The van der Waals surface area contributed by atoms with Crippen LogP contribution in [0.5, 0.6) is 0 Å². The number of hydrogen-bond acceptors (Lipinski definition) is 6. The zero-order valence-corrected chi connectivity index (χ0v) is 18.4. The number of rotatable bonds is 4. The van der Waals surface area contributed by atoms with Crippen molar-refractivity contribution in [3.63, 3.8) is 0 Å². The standard InChI is InChI=1S/C18H15BrIN7O/c1-10(24-16-13(20)15(21)22-9-23-16)17-25-26-8-7-12(19)14(26)18(28)27(17)11-5-3-2-4-6-11/h2-10H,1H3,(H3,21,22,23,24). The van der Waals surface area contributed by atoms with Gasteiger partial charge in [-0.3, -0.25) is 9.36 Å². The molecule has 28 heavy (non-hydrogen) atoms. The molecule has 4 aromatic rings. The van der Waals surface area contributed by atoms with E-state index in [1.54, 1.807) is 21.3 Å². The third kappa shape index (κ3) is 3.26. The number of benzene rings is 1. The molecule has 4 rings (SSSR count). The van der Waals surface area contributed by atoms with Crippen LogP contribution in [0.4, 0.5) is 11.6 Å². The lowest BCUT2D eigenvalue weighted by atomic mass is 10.2. The molecule has 3 N–H and O–H groups in total. The van der Waals surface area contributed by atoms with E-state index in [0.717, 1.165) is 5.69 Å². The number of fused-ring (bicyclic) bond motifs is 1. The number of halogens is 2. The monoisotopic (exact) mass is 551 g/mol. The first-order valence-corrected chi connectivity index (χ1v) is 10.2. The Bertz CT molecular complexity index is 1220. The van der Waals surface area contributed by atoms with Gasteiger partial charge in [0.2, 0.25) is 0 Å². The predicted molar refractivity (Wildman–Crippen MR) is 120 cm³/mol. The number of para-hydroxylation sites is 1. The number of hydrogen-bond donors (Lipinski definition) is 2. The lowest BCUT2D eigenvalue weighted by Gasteiger charge is -2.20. The van der Waals surface area contributed by atoms with Gasteiger partial charge in [0.1, 0.15) is 23.5 Å². The van der Waals surface area contributed by atoms with Crippen molar-refractivity contribution in [1.29, 1.82) is 0 Å². The molecule has 3 heterocycles. The van der Waals surface area contributed by atoms with Crippen molar-refractivity contribution in [3.05, 3.63) is 73.1 Å². The van der Waals surface area contributed by atoms with Crippen molar-refractivity contribution in [2.75, 3.05) is 11.1 Å². The van der Waals surface area contributed by atoms with Crippen molar-refractivity contribution in [2.45, 2.75) is 13.0 Å². The number of nitrogens with zero attached hydrogens (tertiary/aromatic N) is 5. The molecule has 8 nitrogen and oxygen atoms in total. The van der Waals surface area contributed by atoms with Gasteiger partial charge < -0.3 is 11.1 Å². The van der Waals surface area contributed by atoms with E-state index in [4.69, 9.17) is 10.8 Å². The van der Waals surface area contributed by atoms with Gasteiger partial charge >= 0.3 is 0 Å². The molecular formula is C18H15BrIN7O. The Balaban J connectivity index is 1.90. The molecule has 0 aliphatic heterocycles. The SMILES string of the molecule is CC(Nc1ncnc(N)c1I)c1nn2ccc(Br)c2c(=O)n1-c1ccccc1. The molecule has 1 aromatic carbocycles. The first-order valence-electron chi connectivity index (χ1n) is 8.35. The summed E-state index contributed by atoms with van der Waals surface area (Å²) in [6.07, 6.45) is 3.15. The Morgan fingerprint density at radius 1 is 1.21 bits per heavy atom. The number of nitrogens with one attached hydrogen (secondary N) is 1. The molecule has 1 atom stereocenters. The minimum Gasteiger partial charge on any atom is -0.383 e. The minimum atomic E-state index is -0.332. The first kappa shape index (κ1) is 18.9. The maximum atomic E-state index is 13.3. The van der Waals surface area contributed by atoms with Crippen LogP contribution < -0.4 is 16.6 Å². The van der Waals surface area contributed by atoms with Crippen LogP contribution in [-0.2, 0) is 0 Å². The fourth-order valence-electron chi connectivity index (χ4n) is 2.91. The molecule has 0 saturated heterocycles. The van der Waals surface area contributed by atoms with Crippen molar-refractivity contribution >= 4 is 55.7 Å². The van der Waals surface area contributed by atoms with Crippen LogP contribution >= 0.6 is 38.5 Å². The second-order valence-corrected chi connectivity index (χ2v) is 8.01. The maximum absolute atomic E-state index is 13.3. The quantitative estimate of drug-likeness (QED) is 0.377. The van der Waals surface area contributed by atoms with Gasteiger partial charge in [0, 0.05) is 6.20 Å². The fraction of sp³-hybridized carbons (Fsp3) is 0.111. The zero-order valence-electron chi connectivity index (χ0n) is 14.7. The van der Waals surface area contributed by atoms with Gasteiger partial charge in [-0.15, -0.1) is 0 Å². The van der Waals surface area contributed by atoms with Crippen LogP contribution in [0.25, 0.3) is 11.2 Å². The lowest BCUT2D eigenvalue weighted by molar-refractivity contribution is 0.672. The van der Waals surface area contributed by atoms with Crippen molar-refractivity contribution in [1.82, 2.24) is 24.1 Å². The van der Waals surface area contributed by atoms with Gasteiger partial charge in [-0.05, 0) is 63.6 Å². The molecule has 0 saturated carbocycles. The van der Waals surface area contributed by atoms with E-state index < -0.39 is 0 Å². The van der Waals surface area contributed by atoms with E-state index in [9.17, 15) is 4.79 Å². The summed E-state index contributed by atoms with van der Waals surface area (Å²) in [6, 6.07) is 10.9. The van der Waals surface area contributed by atoms with Crippen LogP contribution in [0.15, 0.2) is 58.2 Å². The second-order valence-electron chi connectivity index (χ2n) is 6.08. The molecular weight excluding hydrogens is 537 g/mol. The molecule has 0 spiro atoms. The van der Waals surface area contributed by atoms with E-state index in [1.165, 1.54) is 6.33 Å². The van der Waals surface area contributed by atoms with Gasteiger partial charge in [0.15, 0.2) is 5.82 Å². The lowest BCUT2D eigenvalue weighted by Crippen LogP contribution is -2.29. The second kappa shape index (κ2) is 7.51. The predicted octanol–water partition coefficient (Wildman–Crippen LogP) is 3.40. The summed E-state index contributed by atoms with van der Waals surface area (Å²) in [4.78, 5) is 21.5. The highest BCUT2D eigenvalue weighted by molar-refractivity contribution is 14.1. The van der Waals surface area contributed by atoms with Crippen molar-refractivity contribution in [3.8, 4) is 5.69 Å². The third-order valence-electron chi connectivity index (χ3n) is 4.23. The average Bonchev–Trinajstić information content (AvgIpc) is 3.07. The summed E-state index contributed by atoms with van der Waals surface area (Å²) in [6.45, 7) is 1.92. The van der Waals surface area contributed by atoms with E-state index in [2.05, 4.69) is 53.8 Å². The minimum absolute atomic E-state index is 0.168. The summed E-state index contributed by atoms with van der Waals surface area (Å²) in [7, 11) is 0. The number of nitrogens with two attached hydrogens (primary N) is 1. The van der Waals surface area contributed by atoms with E-state index in [0.29, 0.717) is 31.0 Å². The van der Waals surface area contributed by atoms with Crippen LogP contribution in [0.3, 0.4) is 0 Å². The van der Waals surface area contributed by atoms with Crippen LogP contribution in [0.2, 0.25) is 0 Å². The molecule has 0 bridgehead atoms. The topological polar surface area (TPSA) is 103 Å². The van der Waals surface area contributed by atoms with Crippen molar-refractivity contribution < 1.29 is 0 Å². The molecule has 0 aliphatic carbocycles. The van der Waals surface area contributed by atoms with Gasteiger partial charge in [-0.25, -0.2) is 14.5 Å². The Morgan fingerprint density at radius 3 is 2.71 bits per heavy atom. The highest BCUT2D eigenvalue weighted by Gasteiger charge is 2.21. The van der Waals surface area contributed by atoms with E-state index in [-0.39, 0.29) is 11.6 Å². The molecule has 1 unspecified atom stereocenters. The number of anilines is 2. The van der Waals surface area contributed by atoms with Crippen LogP contribution in [0.1, 0.15) is 18.8 Å². The molecule has 142 valence electrons. The molecule has 10 heteroatoms. The van der Waals surface area contributed by atoms with Crippen LogP contribution in [-0.4, -0.2) is 24.1 Å². The van der Waals surface area contributed by atoms with E-state index >= 15 is 0 Å². The van der Waals surface area contributed by atoms with E-state index in [1.807, 2.05) is 37.3 Å². The fourth-order valence-corrected chi connectivity index (χ4v) is 3.81. The first-order chi connectivity index (χ1) is 13.5. The Hall–Kier alpha value is -2.47. The average molecular weight is 552 g/mol. The smallest absolute Gasteiger partial charge is 0.283 e. The summed E-state index contributed by atoms with van der Waals surface area (Å²) >= 11 is 5.52.